The molecule has 2 aliphatic heterocycles. The van der Waals surface area contributed by atoms with Crippen LogP contribution in [0.25, 0.3) is 11.1 Å². The number of nitrogens with one attached hydrogen (secondary N) is 1. The van der Waals surface area contributed by atoms with E-state index in [2.05, 4.69) is 10.5 Å². The first-order chi connectivity index (χ1) is 18.7. The first kappa shape index (κ1) is 26.6. The summed E-state index contributed by atoms with van der Waals surface area (Å²) in [4.78, 5) is 43.4. The predicted octanol–water partition coefficient (Wildman–Crippen LogP) is 3.22. The van der Waals surface area contributed by atoms with Crippen LogP contribution in [0.1, 0.15) is 53.0 Å². The van der Waals surface area contributed by atoms with Crippen LogP contribution < -0.4 is 5.32 Å². The summed E-state index contributed by atoms with van der Waals surface area (Å²) in [5.74, 6) is -0.990. The van der Waals surface area contributed by atoms with Gasteiger partial charge in [0, 0.05) is 37.2 Å². The highest BCUT2D eigenvalue weighted by Gasteiger charge is 2.45. The SMILES string of the molecule is Cc1cc(-c2conc2C)ccc1CNC(=O)[C@@H]1C[C@@H](O)CN1C(=O)[C@H](C(C)C)N1Cc2ccccc2C1=O. The van der Waals surface area contributed by atoms with E-state index < -0.39 is 18.2 Å². The molecular weight excluding hydrogens is 496 g/mol. The zero-order valence-corrected chi connectivity index (χ0v) is 22.7. The van der Waals surface area contributed by atoms with Gasteiger partial charge in [0.15, 0.2) is 0 Å². The quantitative estimate of drug-likeness (QED) is 0.485. The molecule has 0 unspecified atom stereocenters. The molecule has 1 aromatic heterocycles. The van der Waals surface area contributed by atoms with E-state index in [1.165, 1.54) is 4.90 Å². The molecule has 2 aromatic carbocycles. The lowest BCUT2D eigenvalue weighted by molar-refractivity contribution is -0.143. The van der Waals surface area contributed by atoms with Crippen molar-refractivity contribution in [1.82, 2.24) is 20.3 Å². The minimum absolute atomic E-state index is 0.0565. The predicted molar refractivity (Wildman–Crippen MR) is 144 cm³/mol. The second-order valence-corrected chi connectivity index (χ2v) is 10.8. The van der Waals surface area contributed by atoms with E-state index in [1.807, 2.05) is 64.1 Å². The van der Waals surface area contributed by atoms with E-state index in [0.29, 0.717) is 12.1 Å². The Labute approximate surface area is 227 Å². The zero-order valence-electron chi connectivity index (χ0n) is 22.7. The van der Waals surface area contributed by atoms with Crippen molar-refractivity contribution >= 4 is 17.7 Å². The minimum atomic E-state index is -0.812. The van der Waals surface area contributed by atoms with Crippen molar-refractivity contribution in [3.8, 4) is 11.1 Å². The van der Waals surface area contributed by atoms with E-state index in [-0.39, 0.29) is 43.1 Å². The molecule has 9 heteroatoms. The van der Waals surface area contributed by atoms with Crippen LogP contribution in [0.3, 0.4) is 0 Å². The number of rotatable bonds is 7. The Bertz CT molecular complexity index is 1410. The van der Waals surface area contributed by atoms with Gasteiger partial charge in [-0.05, 0) is 48.1 Å². The standard InChI is InChI=1S/C30H34N4O5/c1-17(2)27(34-14-22-7-5-6-8-24(22)29(34)37)30(38)33-15-23(35)12-26(33)28(36)31-13-21-10-9-20(11-18(21)3)25-16-39-32-19(25)4/h5-11,16-17,23,26-27,35H,12-15H2,1-4H3,(H,31,36)/t23-,26+,27+/m1/s1. The molecule has 1 saturated heterocycles. The molecule has 3 atom stereocenters. The highest BCUT2D eigenvalue weighted by molar-refractivity contribution is 6.01. The molecule has 0 bridgehead atoms. The van der Waals surface area contributed by atoms with Gasteiger partial charge in [-0.1, -0.05) is 55.4 Å². The van der Waals surface area contributed by atoms with Gasteiger partial charge in [0.25, 0.3) is 5.91 Å². The van der Waals surface area contributed by atoms with E-state index >= 15 is 0 Å². The van der Waals surface area contributed by atoms with Crippen molar-refractivity contribution in [2.24, 2.45) is 5.92 Å². The van der Waals surface area contributed by atoms with Crippen LogP contribution in [-0.2, 0) is 22.7 Å². The van der Waals surface area contributed by atoms with E-state index in [4.69, 9.17) is 4.52 Å². The van der Waals surface area contributed by atoms with Gasteiger partial charge in [-0.25, -0.2) is 0 Å². The lowest BCUT2D eigenvalue weighted by Crippen LogP contribution is -2.55. The topological polar surface area (TPSA) is 116 Å². The summed E-state index contributed by atoms with van der Waals surface area (Å²) < 4.78 is 5.05. The number of β-amino-alcohol motifs (C(OH)–C–C–N with tert-alkyl or cyclic N) is 1. The molecule has 0 radical (unpaired) electrons. The molecule has 1 fully saturated rings. The third-order valence-electron chi connectivity index (χ3n) is 7.79. The maximum atomic E-state index is 13.9. The van der Waals surface area contributed by atoms with Gasteiger partial charge in [-0.3, -0.25) is 14.4 Å². The molecule has 39 heavy (non-hydrogen) atoms. The Morgan fingerprint density at radius 1 is 1.15 bits per heavy atom. The summed E-state index contributed by atoms with van der Waals surface area (Å²) in [6.07, 6.45) is 0.958. The Hall–Kier alpha value is -3.98. The average Bonchev–Trinajstić information content (AvgIpc) is 3.60. The number of amides is 3. The van der Waals surface area contributed by atoms with E-state index in [9.17, 15) is 19.5 Å². The number of carbonyl (C=O) groups is 3. The second kappa shape index (κ2) is 10.6. The minimum Gasteiger partial charge on any atom is -0.391 e. The Kier molecular flexibility index (Phi) is 7.27. The van der Waals surface area contributed by atoms with Gasteiger partial charge < -0.3 is 24.7 Å². The zero-order chi connectivity index (χ0) is 27.8. The monoisotopic (exact) mass is 530 g/mol. The smallest absolute Gasteiger partial charge is 0.255 e. The van der Waals surface area contributed by atoms with Gasteiger partial charge in [0.05, 0.1) is 11.8 Å². The van der Waals surface area contributed by atoms with Gasteiger partial charge in [0.2, 0.25) is 11.8 Å². The number of hydrogen-bond donors (Lipinski definition) is 2. The summed E-state index contributed by atoms with van der Waals surface area (Å²) in [6, 6.07) is 11.8. The average molecular weight is 531 g/mol. The number of aryl methyl sites for hydroxylation is 2. The van der Waals surface area contributed by atoms with Crippen molar-refractivity contribution in [2.75, 3.05) is 6.54 Å². The molecule has 2 N–H and O–H groups in total. The Morgan fingerprint density at radius 3 is 2.59 bits per heavy atom. The van der Waals surface area contributed by atoms with Crippen molar-refractivity contribution in [1.29, 1.82) is 0 Å². The molecule has 5 rings (SSSR count). The maximum absolute atomic E-state index is 13.9. The van der Waals surface area contributed by atoms with Crippen LogP contribution in [0.5, 0.6) is 0 Å². The van der Waals surface area contributed by atoms with Crippen molar-refractivity contribution in [2.45, 2.75) is 65.4 Å². The first-order valence-electron chi connectivity index (χ1n) is 13.3. The fourth-order valence-electron chi connectivity index (χ4n) is 5.69. The largest absolute Gasteiger partial charge is 0.391 e. The molecular formula is C30H34N4O5. The number of aliphatic hydroxyl groups is 1. The van der Waals surface area contributed by atoms with Crippen LogP contribution in [0.2, 0.25) is 0 Å². The number of hydrogen-bond acceptors (Lipinski definition) is 6. The molecule has 0 aliphatic carbocycles. The fourth-order valence-corrected chi connectivity index (χ4v) is 5.69. The summed E-state index contributed by atoms with van der Waals surface area (Å²) in [5.41, 5.74) is 6.14. The maximum Gasteiger partial charge on any atom is 0.255 e. The first-order valence-corrected chi connectivity index (χ1v) is 13.3. The number of carbonyl (C=O) groups excluding carboxylic acids is 3. The molecule has 204 valence electrons. The van der Waals surface area contributed by atoms with Crippen LogP contribution >= 0.6 is 0 Å². The van der Waals surface area contributed by atoms with Crippen LogP contribution in [0, 0.1) is 19.8 Å². The summed E-state index contributed by atoms with van der Waals surface area (Å²) in [5, 5.41) is 17.3. The van der Waals surface area contributed by atoms with Gasteiger partial charge >= 0.3 is 0 Å². The van der Waals surface area contributed by atoms with Gasteiger partial charge in [-0.15, -0.1) is 0 Å². The van der Waals surface area contributed by atoms with Crippen LogP contribution in [0.15, 0.2) is 53.3 Å². The third-order valence-corrected chi connectivity index (χ3v) is 7.79. The molecule has 3 amide bonds. The molecule has 3 aromatic rings. The highest BCUT2D eigenvalue weighted by atomic mass is 16.5. The summed E-state index contributed by atoms with van der Waals surface area (Å²) in [7, 11) is 0. The number of fused-ring (bicyclic) bond motifs is 1. The Morgan fingerprint density at radius 2 is 1.92 bits per heavy atom. The van der Waals surface area contributed by atoms with E-state index in [1.54, 1.807) is 17.2 Å². The van der Waals surface area contributed by atoms with Gasteiger partial charge in [-0.2, -0.15) is 0 Å². The number of aromatic nitrogens is 1. The van der Waals surface area contributed by atoms with Crippen molar-refractivity contribution in [3.63, 3.8) is 0 Å². The highest BCUT2D eigenvalue weighted by Crippen LogP contribution is 2.30. The lowest BCUT2D eigenvalue weighted by Gasteiger charge is -2.35. The fraction of sp³-hybridized carbons (Fsp3) is 0.400. The number of nitrogens with zero attached hydrogens (tertiary/aromatic N) is 3. The molecule has 0 saturated carbocycles. The summed E-state index contributed by atoms with van der Waals surface area (Å²) >= 11 is 0. The van der Waals surface area contributed by atoms with Crippen molar-refractivity contribution in [3.05, 3.63) is 76.7 Å². The third kappa shape index (κ3) is 5.06. The molecule has 9 nitrogen and oxygen atoms in total. The van der Waals surface area contributed by atoms with Gasteiger partial charge in [0.1, 0.15) is 18.3 Å². The number of likely N-dealkylation sites (tertiary alicyclic amines) is 1. The number of aliphatic hydroxyl groups excluding tert-OH is 1. The lowest BCUT2D eigenvalue weighted by atomic mass is 10.00. The second-order valence-electron chi connectivity index (χ2n) is 10.8. The van der Waals surface area contributed by atoms with Crippen LogP contribution in [0.4, 0.5) is 0 Å². The number of benzene rings is 2. The molecule has 0 spiro atoms. The van der Waals surface area contributed by atoms with Crippen molar-refractivity contribution < 1.29 is 24.0 Å². The van der Waals surface area contributed by atoms with Crippen LogP contribution in [-0.4, -0.2) is 62.5 Å². The summed E-state index contributed by atoms with van der Waals surface area (Å²) in [6.45, 7) is 8.34. The molecule has 3 heterocycles. The normalized spacial score (nSPS) is 19.5. The molecule has 2 aliphatic rings. The van der Waals surface area contributed by atoms with E-state index in [0.717, 1.165) is 33.5 Å². The Balaban J connectivity index is 1.29.